The highest BCUT2D eigenvalue weighted by molar-refractivity contribution is 7.98. The molecule has 2 amide bonds. The van der Waals surface area contributed by atoms with Gasteiger partial charge in [0, 0.05) is 49.4 Å². The van der Waals surface area contributed by atoms with Gasteiger partial charge in [0.05, 0.1) is 26.2 Å². The van der Waals surface area contributed by atoms with Gasteiger partial charge in [-0.2, -0.15) is 0 Å². The number of benzene rings is 3. The van der Waals surface area contributed by atoms with Crippen molar-refractivity contribution in [3.8, 4) is 11.5 Å². The number of amides is 2. The molecule has 198 valence electrons. The molecule has 0 N–H and O–H groups in total. The van der Waals surface area contributed by atoms with Crippen LogP contribution in [0.15, 0.2) is 71.6 Å². The molecule has 0 unspecified atom stereocenters. The molecule has 8 heteroatoms. The van der Waals surface area contributed by atoms with E-state index in [1.54, 1.807) is 44.0 Å². The minimum absolute atomic E-state index is 0.0180. The molecule has 5 rings (SSSR count). The zero-order chi connectivity index (χ0) is 26.8. The number of hydrogen-bond acceptors (Lipinski definition) is 6. The van der Waals surface area contributed by atoms with Crippen LogP contribution < -0.4 is 14.4 Å². The molecular formula is C30H33N3O4S. The van der Waals surface area contributed by atoms with Crippen LogP contribution in [0.25, 0.3) is 0 Å². The van der Waals surface area contributed by atoms with Crippen molar-refractivity contribution in [1.29, 1.82) is 0 Å². The normalized spacial score (nSPS) is 19.3. The fourth-order valence-electron chi connectivity index (χ4n) is 5.55. The minimum Gasteiger partial charge on any atom is -0.493 e. The Morgan fingerprint density at radius 3 is 2.13 bits per heavy atom. The van der Waals surface area contributed by atoms with Gasteiger partial charge in [-0.05, 0) is 53.8 Å². The number of thioether (sulfide) groups is 1. The van der Waals surface area contributed by atoms with Crippen molar-refractivity contribution in [3.63, 3.8) is 0 Å². The summed E-state index contributed by atoms with van der Waals surface area (Å²) in [5.74, 6) is 0.281. The number of carbonyl (C=O) groups is 2. The third kappa shape index (κ3) is 4.69. The number of methoxy groups -OCH3 is 2. The number of fused-ring (bicyclic) bond motifs is 1. The molecule has 1 saturated heterocycles. The zero-order valence-corrected chi connectivity index (χ0v) is 23.0. The molecule has 7 nitrogen and oxygen atoms in total. The lowest BCUT2D eigenvalue weighted by Crippen LogP contribution is -2.53. The Balaban J connectivity index is 1.54. The van der Waals surface area contributed by atoms with Gasteiger partial charge in [-0.15, -0.1) is 11.8 Å². The lowest BCUT2D eigenvalue weighted by molar-refractivity contribution is -0.134. The molecule has 0 aromatic heterocycles. The number of rotatable bonds is 6. The standard InChI is InChI=1S/C30H33N3O4S/c1-31-28(20-10-12-22(38-4)13-11-20)27(23-18-25(36-2)26(37-3)19-24(23)29(31)34)30(35)33-16-14-32(15-17-33)21-8-6-5-7-9-21/h5-13,18-19,27-28H,14-17H2,1-4H3/t27-,28+/m1/s1. The number of hydrogen-bond donors (Lipinski definition) is 0. The van der Waals surface area contributed by atoms with E-state index in [0.717, 1.165) is 29.2 Å². The first-order valence-corrected chi connectivity index (χ1v) is 13.9. The monoisotopic (exact) mass is 531 g/mol. The predicted octanol–water partition coefficient (Wildman–Crippen LogP) is 4.69. The molecule has 38 heavy (non-hydrogen) atoms. The van der Waals surface area contributed by atoms with Crippen molar-refractivity contribution in [1.82, 2.24) is 9.80 Å². The van der Waals surface area contributed by atoms with Crippen LogP contribution in [0.1, 0.15) is 33.4 Å². The summed E-state index contributed by atoms with van der Waals surface area (Å²) in [4.78, 5) is 35.1. The van der Waals surface area contributed by atoms with Crippen LogP contribution in [0, 0.1) is 0 Å². The first-order chi connectivity index (χ1) is 18.5. The van der Waals surface area contributed by atoms with Gasteiger partial charge in [0.25, 0.3) is 5.91 Å². The van der Waals surface area contributed by atoms with Crippen molar-refractivity contribution < 1.29 is 19.1 Å². The summed E-state index contributed by atoms with van der Waals surface area (Å²) in [6, 6.07) is 21.5. The fraction of sp³-hybridized carbons (Fsp3) is 0.333. The fourth-order valence-corrected chi connectivity index (χ4v) is 5.96. The number of ether oxygens (including phenoxy) is 2. The lowest BCUT2D eigenvalue weighted by atomic mass is 9.78. The summed E-state index contributed by atoms with van der Waals surface area (Å²) >= 11 is 1.66. The van der Waals surface area contributed by atoms with Gasteiger partial charge >= 0.3 is 0 Å². The van der Waals surface area contributed by atoms with Crippen LogP contribution in [0.2, 0.25) is 0 Å². The quantitative estimate of drug-likeness (QED) is 0.431. The van der Waals surface area contributed by atoms with Crippen molar-refractivity contribution in [2.45, 2.75) is 16.9 Å². The van der Waals surface area contributed by atoms with Crippen LogP contribution in [0.4, 0.5) is 5.69 Å². The molecule has 2 heterocycles. The SMILES string of the molecule is COc1cc2c(cc1OC)[C@@H](C(=O)N1CCN(c3ccccc3)CC1)[C@H](c1ccc(SC)cc1)N(C)C2=O. The highest BCUT2D eigenvalue weighted by atomic mass is 32.2. The maximum absolute atomic E-state index is 14.4. The molecule has 0 bridgehead atoms. The molecule has 0 saturated carbocycles. The number of piperazine rings is 1. The van der Waals surface area contributed by atoms with Gasteiger partial charge in [-0.25, -0.2) is 0 Å². The molecule has 1 fully saturated rings. The van der Waals surface area contributed by atoms with Gasteiger partial charge < -0.3 is 24.2 Å². The highest BCUT2D eigenvalue weighted by Gasteiger charge is 2.45. The Hall–Kier alpha value is -3.65. The van der Waals surface area contributed by atoms with Crippen LogP contribution in [0.3, 0.4) is 0 Å². The molecule has 2 atom stereocenters. The van der Waals surface area contributed by atoms with E-state index in [0.29, 0.717) is 35.7 Å². The van der Waals surface area contributed by atoms with E-state index in [-0.39, 0.29) is 11.8 Å². The number of para-hydroxylation sites is 1. The molecule has 3 aromatic rings. The summed E-state index contributed by atoms with van der Waals surface area (Å²) in [5.41, 5.74) is 3.25. The summed E-state index contributed by atoms with van der Waals surface area (Å²) in [6.45, 7) is 2.73. The van der Waals surface area contributed by atoms with Crippen molar-refractivity contribution in [2.75, 3.05) is 58.6 Å². The average molecular weight is 532 g/mol. The Kier molecular flexibility index (Phi) is 7.51. The van der Waals surface area contributed by atoms with E-state index in [1.165, 1.54) is 0 Å². The Morgan fingerprint density at radius 2 is 1.53 bits per heavy atom. The van der Waals surface area contributed by atoms with E-state index in [4.69, 9.17) is 9.47 Å². The number of nitrogens with zero attached hydrogens (tertiary/aromatic N) is 3. The predicted molar refractivity (Wildman–Crippen MR) is 151 cm³/mol. The Labute approximate surface area is 228 Å². The molecule has 3 aromatic carbocycles. The third-order valence-electron chi connectivity index (χ3n) is 7.61. The van der Waals surface area contributed by atoms with Crippen molar-refractivity contribution in [3.05, 3.63) is 83.4 Å². The molecular weight excluding hydrogens is 498 g/mol. The summed E-state index contributed by atoms with van der Waals surface area (Å²) in [6.07, 6.45) is 2.03. The van der Waals surface area contributed by atoms with Crippen LogP contribution in [-0.2, 0) is 4.79 Å². The van der Waals surface area contributed by atoms with Crippen molar-refractivity contribution >= 4 is 29.3 Å². The van der Waals surface area contributed by atoms with Gasteiger partial charge in [-0.1, -0.05) is 30.3 Å². The maximum Gasteiger partial charge on any atom is 0.254 e. The second kappa shape index (κ2) is 11.0. The van der Waals surface area contributed by atoms with Crippen LogP contribution >= 0.6 is 11.8 Å². The Morgan fingerprint density at radius 1 is 0.895 bits per heavy atom. The summed E-state index contributed by atoms with van der Waals surface area (Å²) in [5, 5.41) is 0. The smallest absolute Gasteiger partial charge is 0.254 e. The zero-order valence-electron chi connectivity index (χ0n) is 22.2. The number of anilines is 1. The lowest BCUT2D eigenvalue weighted by Gasteiger charge is -2.43. The van der Waals surface area contributed by atoms with Crippen LogP contribution in [-0.4, -0.2) is 75.3 Å². The molecule has 2 aliphatic rings. The van der Waals surface area contributed by atoms with Gasteiger partial charge in [0.2, 0.25) is 5.91 Å². The maximum atomic E-state index is 14.4. The van der Waals surface area contributed by atoms with E-state index in [9.17, 15) is 9.59 Å². The minimum atomic E-state index is -0.573. The van der Waals surface area contributed by atoms with Gasteiger partial charge in [-0.3, -0.25) is 9.59 Å². The van der Waals surface area contributed by atoms with Crippen LogP contribution in [0.5, 0.6) is 11.5 Å². The average Bonchev–Trinajstić information content (AvgIpc) is 2.98. The summed E-state index contributed by atoms with van der Waals surface area (Å²) in [7, 11) is 4.90. The van der Waals surface area contributed by atoms with E-state index < -0.39 is 12.0 Å². The number of likely N-dealkylation sites (N-methyl/N-ethyl adjacent to an activating group) is 1. The first-order valence-electron chi connectivity index (χ1n) is 12.7. The van der Waals surface area contributed by atoms with Crippen molar-refractivity contribution in [2.24, 2.45) is 0 Å². The third-order valence-corrected chi connectivity index (χ3v) is 8.35. The first kappa shape index (κ1) is 26.0. The Bertz CT molecular complexity index is 1310. The number of carbonyl (C=O) groups excluding carboxylic acids is 2. The second-order valence-electron chi connectivity index (χ2n) is 9.55. The highest BCUT2D eigenvalue weighted by Crippen LogP contribution is 2.46. The van der Waals surface area contributed by atoms with Gasteiger partial charge in [0.1, 0.15) is 0 Å². The van der Waals surface area contributed by atoms with E-state index in [2.05, 4.69) is 17.0 Å². The van der Waals surface area contributed by atoms with E-state index >= 15 is 0 Å². The summed E-state index contributed by atoms with van der Waals surface area (Å²) < 4.78 is 11.1. The molecule has 0 aliphatic carbocycles. The molecule has 0 radical (unpaired) electrons. The largest absolute Gasteiger partial charge is 0.493 e. The molecule has 0 spiro atoms. The van der Waals surface area contributed by atoms with E-state index in [1.807, 2.05) is 59.7 Å². The van der Waals surface area contributed by atoms with Gasteiger partial charge in [0.15, 0.2) is 11.5 Å². The second-order valence-corrected chi connectivity index (χ2v) is 10.4. The molecule has 2 aliphatic heterocycles. The topological polar surface area (TPSA) is 62.3 Å².